The van der Waals surface area contributed by atoms with Gasteiger partial charge in [0.05, 0.1) is 22.9 Å². The molecule has 0 aliphatic heterocycles. The van der Waals surface area contributed by atoms with E-state index in [9.17, 15) is 9.59 Å². The number of hydrogen-bond donors (Lipinski definition) is 1. The molecule has 180 valence electrons. The summed E-state index contributed by atoms with van der Waals surface area (Å²) in [6, 6.07) is 7.25. The zero-order chi connectivity index (χ0) is 24.7. The standard InChI is InChI=1S/C23H25ClN4O4S2/c1-5-9-28-19(12-32-18-10-14(3)7-8-17(18)24)26-27-23(28)33-13-20(29)25-21-16(11-15(4)34-21)22(30)31-6-2/h5,7-8,10-11H,1,6,9,12-13H2,2-4H3,(H,25,29). The minimum absolute atomic E-state index is 0.0824. The van der Waals surface area contributed by atoms with Crippen molar-refractivity contribution >= 4 is 51.6 Å². The van der Waals surface area contributed by atoms with Crippen LogP contribution in [0.15, 0.2) is 42.1 Å². The number of nitrogens with zero attached hydrogens (tertiary/aromatic N) is 3. The van der Waals surface area contributed by atoms with Crippen LogP contribution in [0, 0.1) is 13.8 Å². The first kappa shape index (κ1) is 25.8. The van der Waals surface area contributed by atoms with Crippen molar-refractivity contribution in [1.29, 1.82) is 0 Å². The number of amides is 1. The molecule has 0 fully saturated rings. The summed E-state index contributed by atoms with van der Waals surface area (Å²) in [7, 11) is 0. The van der Waals surface area contributed by atoms with Crippen LogP contribution >= 0.6 is 34.7 Å². The van der Waals surface area contributed by atoms with Gasteiger partial charge in [-0.2, -0.15) is 0 Å². The molecule has 1 aromatic carbocycles. The van der Waals surface area contributed by atoms with Gasteiger partial charge in [-0.15, -0.1) is 28.1 Å². The van der Waals surface area contributed by atoms with Crippen LogP contribution in [-0.4, -0.2) is 39.0 Å². The number of esters is 1. The fourth-order valence-electron chi connectivity index (χ4n) is 2.97. The zero-order valence-corrected chi connectivity index (χ0v) is 21.5. The Kier molecular flexibility index (Phi) is 9.14. The van der Waals surface area contributed by atoms with Gasteiger partial charge in [0.2, 0.25) is 5.91 Å². The predicted octanol–water partition coefficient (Wildman–Crippen LogP) is 5.28. The van der Waals surface area contributed by atoms with E-state index in [2.05, 4.69) is 22.1 Å². The largest absolute Gasteiger partial charge is 0.484 e. The molecule has 2 aromatic heterocycles. The van der Waals surface area contributed by atoms with E-state index in [4.69, 9.17) is 21.1 Å². The average molecular weight is 521 g/mol. The molecule has 0 saturated heterocycles. The van der Waals surface area contributed by atoms with E-state index in [0.29, 0.717) is 38.9 Å². The molecule has 8 nitrogen and oxygen atoms in total. The lowest BCUT2D eigenvalue weighted by atomic mass is 10.2. The van der Waals surface area contributed by atoms with E-state index < -0.39 is 5.97 Å². The molecule has 0 spiro atoms. The van der Waals surface area contributed by atoms with Crippen LogP contribution < -0.4 is 10.1 Å². The summed E-state index contributed by atoms with van der Waals surface area (Å²) >= 11 is 8.76. The van der Waals surface area contributed by atoms with Crippen molar-refractivity contribution in [3.63, 3.8) is 0 Å². The van der Waals surface area contributed by atoms with Crippen molar-refractivity contribution in [3.05, 3.63) is 63.8 Å². The van der Waals surface area contributed by atoms with Crippen molar-refractivity contribution in [2.45, 2.75) is 39.1 Å². The number of aromatic nitrogens is 3. The normalized spacial score (nSPS) is 10.7. The lowest BCUT2D eigenvalue weighted by Crippen LogP contribution is -2.16. The maximum Gasteiger partial charge on any atom is 0.341 e. The highest BCUT2D eigenvalue weighted by atomic mass is 35.5. The molecule has 0 aliphatic rings. The molecule has 0 atom stereocenters. The Bertz CT molecular complexity index is 1190. The highest BCUT2D eigenvalue weighted by molar-refractivity contribution is 7.99. The second kappa shape index (κ2) is 12.0. The number of hydrogen-bond acceptors (Lipinski definition) is 8. The third-order valence-corrected chi connectivity index (χ3v) is 6.73. The van der Waals surface area contributed by atoms with Crippen LogP contribution in [0.2, 0.25) is 5.02 Å². The lowest BCUT2D eigenvalue weighted by molar-refractivity contribution is -0.113. The van der Waals surface area contributed by atoms with Crippen molar-refractivity contribution in [3.8, 4) is 5.75 Å². The van der Waals surface area contributed by atoms with Gasteiger partial charge in [-0.05, 0) is 44.5 Å². The quantitative estimate of drug-likeness (QED) is 0.209. The minimum Gasteiger partial charge on any atom is -0.484 e. The molecule has 11 heteroatoms. The van der Waals surface area contributed by atoms with Crippen molar-refractivity contribution in [1.82, 2.24) is 14.8 Å². The summed E-state index contributed by atoms with van der Waals surface area (Å²) in [6.45, 7) is 10.2. The molecule has 1 amide bonds. The Hall–Kier alpha value is -2.82. The zero-order valence-electron chi connectivity index (χ0n) is 19.1. The third-order valence-electron chi connectivity index (χ3n) is 4.48. The number of rotatable bonds is 11. The number of carbonyl (C=O) groups is 2. The van der Waals surface area contributed by atoms with Crippen LogP contribution in [0.3, 0.4) is 0 Å². The van der Waals surface area contributed by atoms with E-state index in [1.54, 1.807) is 25.1 Å². The van der Waals surface area contributed by atoms with Crippen molar-refractivity contribution < 1.29 is 19.1 Å². The number of nitrogens with one attached hydrogen (secondary N) is 1. The molecule has 0 saturated carbocycles. The van der Waals surface area contributed by atoms with Gasteiger partial charge < -0.3 is 14.8 Å². The second-order valence-electron chi connectivity index (χ2n) is 7.18. The average Bonchev–Trinajstić information content (AvgIpc) is 3.36. The number of ether oxygens (including phenoxy) is 2. The first-order valence-corrected chi connectivity index (χ1v) is 12.6. The summed E-state index contributed by atoms with van der Waals surface area (Å²) < 4.78 is 12.7. The van der Waals surface area contributed by atoms with Crippen molar-refractivity contribution in [2.24, 2.45) is 0 Å². The number of anilines is 1. The highest BCUT2D eigenvalue weighted by Crippen LogP contribution is 2.29. The number of thioether (sulfide) groups is 1. The molecule has 34 heavy (non-hydrogen) atoms. The Morgan fingerprint density at radius 2 is 2.09 bits per heavy atom. The topological polar surface area (TPSA) is 95.3 Å². The van der Waals surface area contributed by atoms with Crippen LogP contribution in [0.5, 0.6) is 5.75 Å². The Morgan fingerprint density at radius 3 is 2.82 bits per heavy atom. The van der Waals surface area contributed by atoms with Gasteiger partial charge in [0.1, 0.15) is 17.4 Å². The summed E-state index contributed by atoms with van der Waals surface area (Å²) in [5.74, 6) is 0.499. The van der Waals surface area contributed by atoms with E-state index in [0.717, 1.165) is 10.4 Å². The maximum absolute atomic E-state index is 12.6. The predicted molar refractivity (Wildman–Crippen MR) is 135 cm³/mol. The van der Waals surface area contributed by atoms with Gasteiger partial charge in [0, 0.05) is 11.4 Å². The molecule has 0 aliphatic carbocycles. The van der Waals surface area contributed by atoms with Gasteiger partial charge in [-0.3, -0.25) is 9.36 Å². The Labute approximate surface area is 211 Å². The number of aryl methyl sites for hydroxylation is 2. The van der Waals surface area contributed by atoms with Crippen LogP contribution in [0.4, 0.5) is 5.00 Å². The molecular weight excluding hydrogens is 496 g/mol. The van der Waals surface area contributed by atoms with Crippen LogP contribution in [0.25, 0.3) is 0 Å². The molecule has 0 radical (unpaired) electrons. The minimum atomic E-state index is -0.459. The summed E-state index contributed by atoms with van der Waals surface area (Å²) in [5, 5.41) is 12.7. The van der Waals surface area contributed by atoms with E-state index in [1.165, 1.54) is 23.1 Å². The van der Waals surface area contributed by atoms with E-state index in [1.807, 2.05) is 30.5 Å². The van der Waals surface area contributed by atoms with Crippen LogP contribution in [-0.2, 0) is 22.7 Å². The second-order valence-corrected chi connectivity index (χ2v) is 9.78. The van der Waals surface area contributed by atoms with Gasteiger partial charge in [0.15, 0.2) is 11.0 Å². The molecule has 3 aromatic rings. The van der Waals surface area contributed by atoms with Gasteiger partial charge >= 0.3 is 5.97 Å². The molecular formula is C23H25ClN4O4S2. The van der Waals surface area contributed by atoms with E-state index in [-0.39, 0.29) is 24.9 Å². The Balaban J connectivity index is 1.65. The molecule has 0 unspecified atom stereocenters. The van der Waals surface area contributed by atoms with Gasteiger partial charge in [0.25, 0.3) is 0 Å². The fourth-order valence-corrected chi connectivity index (χ4v) is 4.82. The number of thiophene rings is 1. The first-order valence-electron chi connectivity index (χ1n) is 10.4. The van der Waals surface area contributed by atoms with Gasteiger partial charge in [-0.1, -0.05) is 35.5 Å². The van der Waals surface area contributed by atoms with Gasteiger partial charge in [-0.25, -0.2) is 4.79 Å². The summed E-state index contributed by atoms with van der Waals surface area (Å²) in [5.41, 5.74) is 1.38. The number of benzene rings is 1. The Morgan fingerprint density at radius 1 is 1.29 bits per heavy atom. The lowest BCUT2D eigenvalue weighted by Gasteiger charge is -2.11. The number of halogens is 1. The fraction of sp³-hybridized carbons (Fsp3) is 0.304. The number of allylic oxidation sites excluding steroid dienone is 1. The SMILES string of the molecule is C=CCn1c(COc2cc(C)ccc2Cl)nnc1SCC(=O)Nc1sc(C)cc1C(=O)OCC. The highest BCUT2D eigenvalue weighted by Gasteiger charge is 2.19. The molecule has 0 bridgehead atoms. The smallest absolute Gasteiger partial charge is 0.341 e. The maximum atomic E-state index is 12.6. The molecule has 2 heterocycles. The number of carbonyl (C=O) groups excluding carboxylic acids is 2. The molecule has 3 rings (SSSR count). The van der Waals surface area contributed by atoms with Crippen LogP contribution in [0.1, 0.15) is 33.5 Å². The first-order chi connectivity index (χ1) is 16.3. The monoisotopic (exact) mass is 520 g/mol. The third kappa shape index (κ3) is 6.62. The molecule has 1 N–H and O–H groups in total. The van der Waals surface area contributed by atoms with E-state index >= 15 is 0 Å². The summed E-state index contributed by atoms with van der Waals surface area (Å²) in [4.78, 5) is 25.6. The van der Waals surface area contributed by atoms with Crippen molar-refractivity contribution in [2.75, 3.05) is 17.7 Å². The summed E-state index contributed by atoms with van der Waals surface area (Å²) in [6.07, 6.45) is 1.72.